The summed E-state index contributed by atoms with van der Waals surface area (Å²) in [4.78, 5) is 40.7. The third kappa shape index (κ3) is 3.32. The number of urea groups is 1. The van der Waals surface area contributed by atoms with Gasteiger partial charge in [0, 0.05) is 4.88 Å². The van der Waals surface area contributed by atoms with Gasteiger partial charge in [-0.25, -0.2) is 9.78 Å². The van der Waals surface area contributed by atoms with Crippen molar-refractivity contribution in [3.05, 3.63) is 15.6 Å². The maximum absolute atomic E-state index is 11.8. The second-order valence-corrected chi connectivity index (χ2v) is 5.73. The first-order chi connectivity index (χ1) is 9.49. The number of aromatic nitrogens is 1. The van der Waals surface area contributed by atoms with Crippen molar-refractivity contribution in [3.63, 3.8) is 0 Å². The lowest BCUT2D eigenvalue weighted by Gasteiger charge is -2.12. The summed E-state index contributed by atoms with van der Waals surface area (Å²) in [7, 11) is 0. The Morgan fingerprint density at radius 1 is 1.50 bits per heavy atom. The Hall–Kier alpha value is -1.96. The molecule has 2 heterocycles. The quantitative estimate of drug-likeness (QED) is 0.758. The molecule has 8 heteroatoms. The third-order valence-electron chi connectivity index (χ3n) is 2.87. The van der Waals surface area contributed by atoms with Crippen LogP contribution in [0, 0.1) is 6.92 Å². The lowest BCUT2D eigenvalue weighted by Crippen LogP contribution is -2.38. The van der Waals surface area contributed by atoms with Crippen molar-refractivity contribution >= 4 is 29.2 Å². The highest BCUT2D eigenvalue weighted by atomic mass is 32.1. The molecule has 0 atom stereocenters. The van der Waals surface area contributed by atoms with Gasteiger partial charge in [0.05, 0.1) is 17.2 Å². The van der Waals surface area contributed by atoms with E-state index in [-0.39, 0.29) is 24.9 Å². The number of rotatable bonds is 5. The Morgan fingerprint density at radius 3 is 2.85 bits per heavy atom. The van der Waals surface area contributed by atoms with E-state index in [4.69, 9.17) is 0 Å². The van der Waals surface area contributed by atoms with Crippen LogP contribution in [-0.4, -0.2) is 40.8 Å². The first kappa shape index (κ1) is 14.4. The van der Waals surface area contributed by atoms with Crippen molar-refractivity contribution in [2.24, 2.45) is 0 Å². The summed E-state index contributed by atoms with van der Waals surface area (Å²) >= 11 is 1.55. The highest BCUT2D eigenvalue weighted by Gasteiger charge is 2.28. The molecule has 2 rings (SSSR count). The molecule has 0 bridgehead atoms. The molecule has 1 aromatic heterocycles. The number of hydrogen-bond acceptors (Lipinski definition) is 5. The van der Waals surface area contributed by atoms with E-state index in [1.165, 1.54) is 4.90 Å². The number of nitrogens with zero attached hydrogens (tertiary/aromatic N) is 2. The molecule has 2 N–H and O–H groups in total. The first-order valence-corrected chi connectivity index (χ1v) is 7.12. The summed E-state index contributed by atoms with van der Waals surface area (Å²) < 4.78 is 0. The van der Waals surface area contributed by atoms with Crippen LogP contribution in [-0.2, 0) is 22.6 Å². The Kier molecular flexibility index (Phi) is 4.33. The smallest absolute Gasteiger partial charge is 0.325 e. The van der Waals surface area contributed by atoms with E-state index in [1.807, 2.05) is 13.8 Å². The van der Waals surface area contributed by atoms with Gasteiger partial charge in [-0.05, 0) is 13.3 Å². The number of carbonyl (C=O) groups is 3. The van der Waals surface area contributed by atoms with Gasteiger partial charge in [0.1, 0.15) is 13.1 Å². The maximum atomic E-state index is 11.8. The molecule has 0 aliphatic carbocycles. The zero-order valence-electron chi connectivity index (χ0n) is 11.4. The molecule has 0 unspecified atom stereocenters. The topological polar surface area (TPSA) is 91.4 Å². The number of aryl methyl sites for hydroxylation is 2. The summed E-state index contributed by atoms with van der Waals surface area (Å²) in [6.45, 7) is 4.16. The van der Waals surface area contributed by atoms with Crippen LogP contribution in [0.1, 0.15) is 22.5 Å². The van der Waals surface area contributed by atoms with E-state index in [0.29, 0.717) is 6.54 Å². The van der Waals surface area contributed by atoms with Gasteiger partial charge in [-0.1, -0.05) is 6.92 Å². The summed E-state index contributed by atoms with van der Waals surface area (Å²) in [5.74, 6) is -0.669. The van der Waals surface area contributed by atoms with Crippen LogP contribution in [0.4, 0.5) is 4.79 Å². The average Bonchev–Trinajstić information content (AvgIpc) is 2.89. The minimum absolute atomic E-state index is 0.0634. The van der Waals surface area contributed by atoms with Gasteiger partial charge in [0.25, 0.3) is 0 Å². The van der Waals surface area contributed by atoms with Crippen LogP contribution >= 0.6 is 11.3 Å². The summed E-state index contributed by atoms with van der Waals surface area (Å²) in [5.41, 5.74) is 0.988. The minimum Gasteiger partial charge on any atom is -0.350 e. The van der Waals surface area contributed by atoms with Gasteiger partial charge >= 0.3 is 6.03 Å². The second-order valence-electron chi connectivity index (χ2n) is 4.44. The van der Waals surface area contributed by atoms with Gasteiger partial charge in [0.15, 0.2) is 0 Å². The Morgan fingerprint density at radius 2 is 2.25 bits per heavy atom. The first-order valence-electron chi connectivity index (χ1n) is 6.30. The van der Waals surface area contributed by atoms with Gasteiger partial charge < -0.3 is 10.2 Å². The van der Waals surface area contributed by atoms with Crippen molar-refractivity contribution in [2.75, 3.05) is 13.1 Å². The second kappa shape index (κ2) is 6.00. The molecular weight excluding hydrogens is 280 g/mol. The van der Waals surface area contributed by atoms with Gasteiger partial charge in [-0.2, -0.15) is 0 Å². The highest BCUT2D eigenvalue weighted by Crippen LogP contribution is 2.18. The largest absolute Gasteiger partial charge is 0.350 e. The van der Waals surface area contributed by atoms with E-state index < -0.39 is 6.03 Å². The highest BCUT2D eigenvalue weighted by molar-refractivity contribution is 7.11. The van der Waals surface area contributed by atoms with E-state index in [1.54, 1.807) is 11.3 Å². The molecular formula is C12H16N4O3S. The van der Waals surface area contributed by atoms with Gasteiger partial charge in [-0.15, -0.1) is 11.3 Å². The van der Waals surface area contributed by atoms with Crippen molar-refractivity contribution < 1.29 is 14.4 Å². The summed E-state index contributed by atoms with van der Waals surface area (Å²) in [5, 5.41) is 5.84. The molecule has 1 fully saturated rings. The van der Waals surface area contributed by atoms with Gasteiger partial charge in [-0.3, -0.25) is 14.9 Å². The number of hydrogen-bond donors (Lipinski definition) is 2. The lowest BCUT2D eigenvalue weighted by molar-refractivity contribution is -0.122. The average molecular weight is 296 g/mol. The van der Waals surface area contributed by atoms with Crippen LogP contribution < -0.4 is 10.6 Å². The van der Waals surface area contributed by atoms with E-state index in [0.717, 1.165) is 22.0 Å². The molecule has 1 aliphatic rings. The zero-order valence-corrected chi connectivity index (χ0v) is 12.2. The van der Waals surface area contributed by atoms with E-state index >= 15 is 0 Å². The molecule has 0 saturated carbocycles. The molecule has 1 aliphatic heterocycles. The maximum Gasteiger partial charge on any atom is 0.325 e. The molecule has 0 radical (unpaired) electrons. The fourth-order valence-corrected chi connectivity index (χ4v) is 2.91. The van der Waals surface area contributed by atoms with Crippen LogP contribution in [0.5, 0.6) is 0 Å². The SMILES string of the molecule is CCc1nc(C)sc1CNC(=O)CN1CC(=O)NC1=O. The molecule has 4 amide bonds. The predicted octanol–water partition coefficient (Wildman–Crippen LogP) is 0.182. The van der Waals surface area contributed by atoms with Crippen molar-refractivity contribution in [3.8, 4) is 0 Å². The molecule has 1 saturated heterocycles. The van der Waals surface area contributed by atoms with Crippen molar-refractivity contribution in [1.29, 1.82) is 0 Å². The minimum atomic E-state index is -0.520. The van der Waals surface area contributed by atoms with E-state index in [2.05, 4.69) is 15.6 Å². The number of imide groups is 1. The molecule has 7 nitrogen and oxygen atoms in total. The third-order valence-corrected chi connectivity index (χ3v) is 3.88. The monoisotopic (exact) mass is 296 g/mol. The summed E-state index contributed by atoms with van der Waals surface area (Å²) in [6.07, 6.45) is 0.818. The number of nitrogens with one attached hydrogen (secondary N) is 2. The zero-order chi connectivity index (χ0) is 14.7. The normalized spacial score (nSPS) is 14.6. The standard InChI is InChI=1S/C12H16N4O3S/c1-3-8-9(20-7(2)14-8)4-13-10(17)5-16-6-11(18)15-12(16)19/h3-6H2,1-2H3,(H,13,17)(H,15,18,19). The number of amides is 4. The molecule has 1 aromatic rings. The Bertz CT molecular complexity index is 555. The Balaban J connectivity index is 1.86. The van der Waals surface area contributed by atoms with E-state index in [9.17, 15) is 14.4 Å². The fourth-order valence-electron chi connectivity index (χ4n) is 1.95. The summed E-state index contributed by atoms with van der Waals surface area (Å²) in [6, 6.07) is -0.520. The predicted molar refractivity (Wildman–Crippen MR) is 73.2 cm³/mol. The lowest BCUT2D eigenvalue weighted by atomic mass is 10.3. The number of carbonyl (C=O) groups excluding carboxylic acids is 3. The fraction of sp³-hybridized carbons (Fsp3) is 0.500. The van der Waals surface area contributed by atoms with Crippen LogP contribution in [0.3, 0.4) is 0 Å². The molecule has 0 aromatic carbocycles. The van der Waals surface area contributed by atoms with Crippen molar-refractivity contribution in [2.45, 2.75) is 26.8 Å². The molecule has 0 spiro atoms. The number of thiazole rings is 1. The van der Waals surface area contributed by atoms with Crippen LogP contribution in [0.25, 0.3) is 0 Å². The molecule has 20 heavy (non-hydrogen) atoms. The van der Waals surface area contributed by atoms with Crippen LogP contribution in [0.2, 0.25) is 0 Å². The van der Waals surface area contributed by atoms with Gasteiger partial charge in [0.2, 0.25) is 11.8 Å². The Labute approximate surface area is 120 Å². The van der Waals surface area contributed by atoms with Crippen molar-refractivity contribution in [1.82, 2.24) is 20.5 Å². The van der Waals surface area contributed by atoms with Crippen LogP contribution in [0.15, 0.2) is 0 Å². The molecule has 108 valence electrons.